The van der Waals surface area contributed by atoms with E-state index in [1.165, 1.54) is 0 Å². The van der Waals surface area contributed by atoms with Gasteiger partial charge in [0.25, 0.3) is 0 Å². The predicted octanol–water partition coefficient (Wildman–Crippen LogP) is 4.12. The highest BCUT2D eigenvalue weighted by molar-refractivity contribution is 5.20. The predicted molar refractivity (Wildman–Crippen MR) is 82.6 cm³/mol. The highest BCUT2D eigenvalue weighted by Gasteiger charge is 2.17. The van der Waals surface area contributed by atoms with Crippen LogP contribution in [0.1, 0.15) is 41.0 Å². The molecule has 2 heteroatoms. The summed E-state index contributed by atoms with van der Waals surface area (Å²) in [6.07, 6.45) is 1.09. The van der Waals surface area contributed by atoms with E-state index in [0.29, 0.717) is 11.8 Å². The van der Waals surface area contributed by atoms with E-state index in [4.69, 9.17) is 4.74 Å². The summed E-state index contributed by atoms with van der Waals surface area (Å²) < 4.78 is 5.79. The maximum atomic E-state index is 5.79. The third kappa shape index (κ3) is 7.22. The largest absolute Gasteiger partial charge is 0.494 e. The average Bonchev–Trinajstić information content (AvgIpc) is 2.33. The van der Waals surface area contributed by atoms with Crippen molar-refractivity contribution in [1.82, 2.24) is 5.32 Å². The lowest BCUT2D eigenvalue weighted by atomic mass is 9.92. The highest BCUT2D eigenvalue weighted by atomic mass is 16.5. The van der Waals surface area contributed by atoms with Gasteiger partial charge >= 0.3 is 0 Å². The second-order valence-electron chi connectivity index (χ2n) is 6.59. The minimum absolute atomic E-state index is 0.188. The van der Waals surface area contributed by atoms with Gasteiger partial charge in [0.2, 0.25) is 0 Å². The topological polar surface area (TPSA) is 21.3 Å². The minimum Gasteiger partial charge on any atom is -0.494 e. The van der Waals surface area contributed by atoms with Gasteiger partial charge in [-0.15, -0.1) is 0 Å². The highest BCUT2D eigenvalue weighted by Crippen LogP contribution is 2.17. The van der Waals surface area contributed by atoms with Crippen molar-refractivity contribution in [2.75, 3.05) is 13.2 Å². The Morgan fingerprint density at radius 1 is 1.11 bits per heavy atom. The van der Waals surface area contributed by atoms with Crippen LogP contribution >= 0.6 is 0 Å². The van der Waals surface area contributed by atoms with Crippen molar-refractivity contribution in [3.05, 3.63) is 30.3 Å². The second kappa shape index (κ2) is 7.54. The summed E-state index contributed by atoms with van der Waals surface area (Å²) in [5.41, 5.74) is 0.188. The van der Waals surface area contributed by atoms with E-state index >= 15 is 0 Å². The molecule has 1 aromatic carbocycles. The van der Waals surface area contributed by atoms with Crippen LogP contribution in [-0.4, -0.2) is 18.7 Å². The molecule has 0 aliphatic rings. The van der Waals surface area contributed by atoms with Crippen LogP contribution < -0.4 is 10.1 Å². The summed E-state index contributed by atoms with van der Waals surface area (Å²) in [6, 6.07) is 10.1. The zero-order valence-electron chi connectivity index (χ0n) is 13.1. The monoisotopic (exact) mass is 263 g/mol. The van der Waals surface area contributed by atoms with Gasteiger partial charge in [0.05, 0.1) is 6.61 Å². The molecule has 1 aromatic rings. The van der Waals surface area contributed by atoms with E-state index in [0.717, 1.165) is 25.3 Å². The van der Waals surface area contributed by atoms with Crippen molar-refractivity contribution in [2.24, 2.45) is 11.8 Å². The molecule has 19 heavy (non-hydrogen) atoms. The van der Waals surface area contributed by atoms with Gasteiger partial charge in [-0.1, -0.05) is 32.0 Å². The summed E-state index contributed by atoms with van der Waals surface area (Å²) in [4.78, 5) is 0. The Morgan fingerprint density at radius 2 is 1.74 bits per heavy atom. The van der Waals surface area contributed by atoms with E-state index in [-0.39, 0.29) is 5.54 Å². The Kier molecular flexibility index (Phi) is 6.36. The van der Waals surface area contributed by atoms with Crippen LogP contribution in [0.15, 0.2) is 30.3 Å². The molecule has 0 aliphatic carbocycles. The quantitative estimate of drug-likeness (QED) is 0.799. The fraction of sp³-hybridized carbons (Fsp3) is 0.647. The minimum atomic E-state index is 0.188. The van der Waals surface area contributed by atoms with Crippen molar-refractivity contribution < 1.29 is 4.74 Å². The molecule has 2 nitrogen and oxygen atoms in total. The van der Waals surface area contributed by atoms with Gasteiger partial charge < -0.3 is 10.1 Å². The molecule has 1 unspecified atom stereocenters. The van der Waals surface area contributed by atoms with Gasteiger partial charge in [0.15, 0.2) is 0 Å². The van der Waals surface area contributed by atoms with E-state index < -0.39 is 0 Å². The first-order chi connectivity index (χ1) is 8.88. The van der Waals surface area contributed by atoms with Crippen LogP contribution in [-0.2, 0) is 0 Å². The number of ether oxygens (including phenoxy) is 1. The smallest absolute Gasteiger partial charge is 0.119 e. The molecule has 0 radical (unpaired) electrons. The summed E-state index contributed by atoms with van der Waals surface area (Å²) in [5, 5.41) is 3.60. The molecule has 0 aliphatic heterocycles. The summed E-state index contributed by atoms with van der Waals surface area (Å²) >= 11 is 0. The summed E-state index contributed by atoms with van der Waals surface area (Å²) in [7, 11) is 0. The molecule has 0 heterocycles. The first-order valence-electron chi connectivity index (χ1n) is 7.31. The Labute approximate surface area is 118 Å². The van der Waals surface area contributed by atoms with Crippen molar-refractivity contribution >= 4 is 0 Å². The third-order valence-corrected chi connectivity index (χ3v) is 3.34. The van der Waals surface area contributed by atoms with E-state index in [1.807, 2.05) is 30.3 Å². The van der Waals surface area contributed by atoms with Crippen molar-refractivity contribution in [2.45, 2.75) is 46.6 Å². The summed E-state index contributed by atoms with van der Waals surface area (Å²) in [6.45, 7) is 13.1. The lowest BCUT2D eigenvalue weighted by Gasteiger charge is -2.27. The Bertz CT molecular complexity index is 340. The van der Waals surface area contributed by atoms with Gasteiger partial charge in [-0.05, 0) is 57.7 Å². The molecular formula is C17H29NO. The molecule has 1 atom stereocenters. The van der Waals surface area contributed by atoms with Crippen molar-refractivity contribution in [3.63, 3.8) is 0 Å². The fourth-order valence-corrected chi connectivity index (χ4v) is 1.95. The van der Waals surface area contributed by atoms with Gasteiger partial charge in [-0.25, -0.2) is 0 Å². The van der Waals surface area contributed by atoms with Crippen LogP contribution in [0.25, 0.3) is 0 Å². The van der Waals surface area contributed by atoms with Crippen LogP contribution in [0.5, 0.6) is 5.75 Å². The molecule has 0 saturated heterocycles. The number of rotatable bonds is 7. The molecule has 1 rings (SSSR count). The Hall–Kier alpha value is -1.02. The van der Waals surface area contributed by atoms with Gasteiger partial charge in [-0.2, -0.15) is 0 Å². The maximum absolute atomic E-state index is 5.79. The SMILES string of the molecule is CC(C)C(CCOc1ccccc1)CNC(C)(C)C. The van der Waals surface area contributed by atoms with Crippen LogP contribution in [0.4, 0.5) is 0 Å². The van der Waals surface area contributed by atoms with Crippen molar-refractivity contribution in [1.29, 1.82) is 0 Å². The molecule has 0 amide bonds. The van der Waals surface area contributed by atoms with E-state index in [1.54, 1.807) is 0 Å². The zero-order chi connectivity index (χ0) is 14.3. The fourth-order valence-electron chi connectivity index (χ4n) is 1.95. The first-order valence-corrected chi connectivity index (χ1v) is 7.31. The van der Waals surface area contributed by atoms with Crippen LogP contribution in [0, 0.1) is 11.8 Å². The normalized spacial score (nSPS) is 13.6. The van der Waals surface area contributed by atoms with Crippen LogP contribution in [0.2, 0.25) is 0 Å². The number of para-hydroxylation sites is 1. The molecular weight excluding hydrogens is 234 g/mol. The van der Waals surface area contributed by atoms with E-state index in [2.05, 4.69) is 39.9 Å². The molecule has 0 bridgehead atoms. The lowest BCUT2D eigenvalue weighted by molar-refractivity contribution is 0.232. The molecule has 108 valence electrons. The molecule has 0 fully saturated rings. The van der Waals surface area contributed by atoms with Gasteiger partial charge in [0.1, 0.15) is 5.75 Å². The van der Waals surface area contributed by atoms with Crippen molar-refractivity contribution in [3.8, 4) is 5.75 Å². The standard InChI is InChI=1S/C17H29NO/c1-14(2)15(13-18-17(3,4)5)11-12-19-16-9-7-6-8-10-16/h6-10,14-15,18H,11-13H2,1-5H3. The lowest BCUT2D eigenvalue weighted by Crippen LogP contribution is -2.40. The third-order valence-electron chi connectivity index (χ3n) is 3.34. The maximum Gasteiger partial charge on any atom is 0.119 e. The number of hydrogen-bond acceptors (Lipinski definition) is 2. The summed E-state index contributed by atoms with van der Waals surface area (Å²) in [5.74, 6) is 2.30. The average molecular weight is 263 g/mol. The second-order valence-corrected chi connectivity index (χ2v) is 6.59. The van der Waals surface area contributed by atoms with E-state index in [9.17, 15) is 0 Å². The number of nitrogens with one attached hydrogen (secondary N) is 1. The first kappa shape index (κ1) is 16.0. The zero-order valence-corrected chi connectivity index (χ0v) is 13.1. The molecule has 0 saturated carbocycles. The van der Waals surface area contributed by atoms with Gasteiger partial charge in [-0.3, -0.25) is 0 Å². The Morgan fingerprint density at radius 3 is 2.26 bits per heavy atom. The number of benzene rings is 1. The van der Waals surface area contributed by atoms with Gasteiger partial charge in [0, 0.05) is 5.54 Å². The number of hydrogen-bond donors (Lipinski definition) is 1. The van der Waals surface area contributed by atoms with Crippen LogP contribution in [0.3, 0.4) is 0 Å². The molecule has 0 spiro atoms. The molecule has 1 N–H and O–H groups in total. The Balaban J connectivity index is 2.34. The molecule has 0 aromatic heterocycles.